The largest absolute Gasteiger partial charge is 0.445 e. The number of para-hydroxylation sites is 1. The number of fused-ring (bicyclic) bond motifs is 2. The number of hydrogen-bond acceptors (Lipinski definition) is 9. The second kappa shape index (κ2) is 24.9. The van der Waals surface area contributed by atoms with E-state index in [9.17, 15) is 33.6 Å². The van der Waals surface area contributed by atoms with Crippen molar-refractivity contribution in [3.8, 4) is 11.8 Å². The van der Waals surface area contributed by atoms with E-state index in [4.69, 9.17) is 9.47 Å². The molecule has 3 aromatic rings. The average Bonchev–Trinajstić information content (AvgIpc) is 3.26. The van der Waals surface area contributed by atoms with Crippen molar-refractivity contribution in [2.75, 3.05) is 36.5 Å². The molecule has 0 saturated heterocycles. The number of carbonyl (C=O) groups is 7. The molecule has 0 aliphatic carbocycles. The van der Waals surface area contributed by atoms with Gasteiger partial charge in [-0.15, -0.1) is 0 Å². The van der Waals surface area contributed by atoms with E-state index in [0.29, 0.717) is 23.5 Å². The molecule has 0 fully saturated rings. The van der Waals surface area contributed by atoms with Crippen LogP contribution in [0, 0.1) is 17.8 Å². The van der Waals surface area contributed by atoms with Crippen LogP contribution >= 0.6 is 0 Å². The molecule has 0 bridgehead atoms. The molecule has 3 aromatic carbocycles. The molecule has 1 aliphatic rings. The van der Waals surface area contributed by atoms with Crippen molar-refractivity contribution in [3.63, 3.8) is 0 Å². The molecule has 2 atom stereocenters. The third-order valence-electron chi connectivity index (χ3n) is 9.84. The number of alkyl carbamates (subject to hydrolysis) is 2. The van der Waals surface area contributed by atoms with Crippen molar-refractivity contribution in [1.82, 2.24) is 26.6 Å². The van der Waals surface area contributed by atoms with Crippen LogP contribution in [0.25, 0.3) is 0 Å². The van der Waals surface area contributed by atoms with E-state index in [0.717, 1.165) is 22.3 Å². The van der Waals surface area contributed by atoms with Crippen molar-refractivity contribution < 1.29 is 43.0 Å². The Labute approximate surface area is 368 Å². The summed E-state index contributed by atoms with van der Waals surface area (Å²) in [7, 11) is 0. The monoisotopic (exact) mass is 863 g/mol. The lowest BCUT2D eigenvalue weighted by Gasteiger charge is -2.26. The molecule has 4 rings (SSSR count). The Balaban J connectivity index is 1.12. The van der Waals surface area contributed by atoms with Crippen LogP contribution in [0.15, 0.2) is 84.4 Å². The van der Waals surface area contributed by atoms with Gasteiger partial charge in [-0.3, -0.25) is 24.0 Å². The van der Waals surface area contributed by atoms with Gasteiger partial charge in [-0.05, 0) is 80.1 Å². The normalized spacial score (nSPS) is 12.6. The van der Waals surface area contributed by atoms with Crippen LogP contribution < -0.4 is 36.8 Å². The summed E-state index contributed by atoms with van der Waals surface area (Å²) in [4.78, 5) is 90.4. The van der Waals surface area contributed by atoms with Gasteiger partial charge < -0.3 is 46.3 Å². The van der Waals surface area contributed by atoms with Gasteiger partial charge in [0.05, 0.1) is 12.2 Å². The minimum Gasteiger partial charge on any atom is -0.445 e. The summed E-state index contributed by atoms with van der Waals surface area (Å²) in [6.07, 6.45) is 0.900. The number of benzene rings is 3. The minimum absolute atomic E-state index is 0.0115. The number of ether oxygens (including phenoxy) is 2. The molecule has 1 aliphatic heterocycles. The number of allylic oxidation sites excluding steroid dienone is 1. The smallest absolute Gasteiger partial charge is 0.407 e. The first-order chi connectivity index (χ1) is 30.2. The molecule has 16 nitrogen and oxygen atoms in total. The minimum atomic E-state index is -0.949. The summed E-state index contributed by atoms with van der Waals surface area (Å²) in [5.41, 5.74) is 5.25. The number of nitrogens with one attached hydrogen (secondary N) is 6. The average molecular weight is 864 g/mol. The number of rotatable bonds is 20. The Bertz CT molecular complexity index is 2190. The lowest BCUT2D eigenvalue weighted by atomic mass is 10.0. The van der Waals surface area contributed by atoms with Crippen molar-refractivity contribution in [1.29, 1.82) is 0 Å². The summed E-state index contributed by atoms with van der Waals surface area (Å²) < 4.78 is 10.2. The maximum Gasteiger partial charge on any atom is 0.407 e. The highest BCUT2D eigenvalue weighted by Crippen LogP contribution is 2.26. The van der Waals surface area contributed by atoms with Crippen LogP contribution in [0.2, 0.25) is 0 Å². The van der Waals surface area contributed by atoms with Gasteiger partial charge in [0.25, 0.3) is 0 Å². The van der Waals surface area contributed by atoms with E-state index in [1.165, 1.54) is 6.92 Å². The van der Waals surface area contributed by atoms with E-state index in [2.05, 4.69) is 43.7 Å². The molecule has 0 saturated carbocycles. The molecular weight excluding hydrogens is 807 g/mol. The predicted molar refractivity (Wildman–Crippen MR) is 238 cm³/mol. The lowest BCUT2D eigenvalue weighted by molar-refractivity contribution is -0.132. The van der Waals surface area contributed by atoms with Gasteiger partial charge in [0.1, 0.15) is 25.3 Å². The molecule has 0 spiro atoms. The number of amides is 7. The topological polar surface area (TPSA) is 213 Å². The Morgan fingerprint density at radius 3 is 2.05 bits per heavy atom. The summed E-state index contributed by atoms with van der Waals surface area (Å²) in [5, 5.41) is 15.9. The summed E-state index contributed by atoms with van der Waals surface area (Å²) in [6, 6.07) is 19.8. The Kier molecular flexibility index (Phi) is 19.2. The van der Waals surface area contributed by atoms with Gasteiger partial charge in [0.2, 0.25) is 29.5 Å². The maximum atomic E-state index is 13.4. The van der Waals surface area contributed by atoms with Gasteiger partial charge in [0.15, 0.2) is 0 Å². The fourth-order valence-electron chi connectivity index (χ4n) is 6.08. The van der Waals surface area contributed by atoms with Crippen molar-refractivity contribution >= 4 is 53.1 Å². The van der Waals surface area contributed by atoms with Crippen LogP contribution in [0.1, 0.15) is 82.6 Å². The zero-order chi connectivity index (χ0) is 45.7. The molecular formula is C47H57N7O9. The highest BCUT2D eigenvalue weighted by atomic mass is 16.6. The molecule has 7 amide bonds. The number of anilines is 2. The fourth-order valence-corrected chi connectivity index (χ4v) is 6.08. The van der Waals surface area contributed by atoms with E-state index in [1.54, 1.807) is 43.0 Å². The van der Waals surface area contributed by atoms with Gasteiger partial charge in [-0.1, -0.05) is 74.2 Å². The molecule has 16 heteroatoms. The summed E-state index contributed by atoms with van der Waals surface area (Å²) in [5.74, 6) is 4.14. The van der Waals surface area contributed by atoms with E-state index < -0.39 is 42.0 Å². The zero-order valence-electron chi connectivity index (χ0n) is 36.4. The van der Waals surface area contributed by atoms with Gasteiger partial charge in [-0.25, -0.2) is 9.59 Å². The lowest BCUT2D eigenvalue weighted by Crippen LogP contribution is -2.53. The number of hydrogen-bond donors (Lipinski definition) is 6. The molecule has 334 valence electrons. The SMILES string of the molecule is C/C=C(\C)COC(=O)NCCNC(=O)OCc1ccc(NC(=O)[C@H](C)NC(=O)C(NC(=O)CCCC(=O)NCCC(=O)N2Cc3ccccc3C#Cc3ccccc32)C(C)C)cc1. The first-order valence-corrected chi connectivity index (χ1v) is 20.9. The highest BCUT2D eigenvalue weighted by Gasteiger charge is 2.27. The van der Waals surface area contributed by atoms with Crippen LogP contribution in [0.4, 0.5) is 21.0 Å². The molecule has 1 heterocycles. The van der Waals surface area contributed by atoms with Crippen LogP contribution in [-0.4, -0.2) is 80.0 Å². The number of carbonyl (C=O) groups excluding carboxylic acids is 7. The third kappa shape index (κ3) is 16.3. The predicted octanol–water partition coefficient (Wildman–Crippen LogP) is 4.81. The first-order valence-electron chi connectivity index (χ1n) is 20.9. The van der Waals surface area contributed by atoms with Crippen molar-refractivity contribution in [3.05, 3.63) is 107 Å². The van der Waals surface area contributed by atoms with Gasteiger partial charge in [0, 0.05) is 55.7 Å². The quantitative estimate of drug-likeness (QED) is 0.0522. The summed E-state index contributed by atoms with van der Waals surface area (Å²) >= 11 is 0. The Morgan fingerprint density at radius 2 is 1.35 bits per heavy atom. The van der Waals surface area contributed by atoms with E-state index in [-0.39, 0.29) is 76.3 Å². The summed E-state index contributed by atoms with van der Waals surface area (Å²) in [6.45, 7) is 9.64. The maximum absolute atomic E-state index is 13.4. The Morgan fingerprint density at radius 1 is 0.714 bits per heavy atom. The van der Waals surface area contributed by atoms with Crippen molar-refractivity contribution in [2.24, 2.45) is 5.92 Å². The van der Waals surface area contributed by atoms with Gasteiger partial charge >= 0.3 is 12.2 Å². The Hall–Kier alpha value is -7.15. The molecule has 0 radical (unpaired) electrons. The fraction of sp³-hybridized carbons (Fsp3) is 0.383. The van der Waals surface area contributed by atoms with Crippen LogP contribution in [0.3, 0.4) is 0 Å². The molecule has 1 unspecified atom stereocenters. The third-order valence-corrected chi connectivity index (χ3v) is 9.84. The zero-order valence-corrected chi connectivity index (χ0v) is 36.4. The van der Waals surface area contributed by atoms with Crippen molar-refractivity contribution in [2.45, 2.75) is 85.5 Å². The number of nitrogens with zero attached hydrogens (tertiary/aromatic N) is 1. The van der Waals surface area contributed by atoms with E-state index in [1.807, 2.05) is 68.5 Å². The van der Waals surface area contributed by atoms with Crippen LogP contribution in [-0.2, 0) is 46.6 Å². The molecule has 63 heavy (non-hydrogen) atoms. The van der Waals surface area contributed by atoms with Crippen LogP contribution in [0.5, 0.6) is 0 Å². The van der Waals surface area contributed by atoms with E-state index >= 15 is 0 Å². The highest BCUT2D eigenvalue weighted by molar-refractivity contribution is 5.98. The standard InChI is InChI=1S/C47H57N7O9/c1-6-32(4)29-62-46(60)49-26-27-50-47(61)63-30-34-18-22-38(23-19-34)52-44(58)33(5)51-45(59)43(31(2)3)53-41(56)17-11-16-40(55)48-25-24-42(57)54-28-37-14-8-7-12-35(37)20-21-36-13-9-10-15-39(36)54/h6-10,12-15,18-19,22-23,31,33,43H,11,16-17,24-30H2,1-5H3,(H,48,55)(H,49,60)(H,50,61)(H,51,59)(H,52,58)(H,53,56)/b32-6+/t33-,43?/m0/s1. The second-order valence-corrected chi connectivity index (χ2v) is 15.2. The molecule has 0 aromatic heterocycles. The molecule has 6 N–H and O–H groups in total. The second-order valence-electron chi connectivity index (χ2n) is 15.2. The first kappa shape index (κ1) is 48.5. The van der Waals surface area contributed by atoms with Gasteiger partial charge in [-0.2, -0.15) is 0 Å².